The van der Waals surface area contributed by atoms with Gasteiger partial charge in [0.15, 0.2) is 0 Å². The maximum absolute atomic E-state index is 12.4. The number of hydrogen-bond donors (Lipinski definition) is 3. The van der Waals surface area contributed by atoms with Crippen LogP contribution < -0.4 is 5.73 Å². The molecule has 0 saturated carbocycles. The Bertz CT molecular complexity index is 680. The zero-order chi connectivity index (χ0) is 16.4. The van der Waals surface area contributed by atoms with Crippen molar-refractivity contribution in [1.82, 2.24) is 15.1 Å². The highest BCUT2D eigenvalue weighted by molar-refractivity contribution is 5.79. The molecule has 6 nitrogen and oxygen atoms in total. The normalized spacial score (nSPS) is 20.9. The number of aliphatic hydroxyl groups is 1. The number of rotatable bonds is 4. The monoisotopic (exact) mass is 314 g/mol. The molecular weight excluding hydrogens is 292 g/mol. The summed E-state index contributed by atoms with van der Waals surface area (Å²) in [6.45, 7) is 2.91. The van der Waals surface area contributed by atoms with Crippen LogP contribution in [0.15, 0.2) is 30.3 Å². The summed E-state index contributed by atoms with van der Waals surface area (Å²) in [7, 11) is 0. The van der Waals surface area contributed by atoms with Crippen LogP contribution in [0.5, 0.6) is 0 Å². The first-order valence-corrected chi connectivity index (χ1v) is 7.82. The number of aromatic nitrogens is 2. The van der Waals surface area contributed by atoms with Crippen molar-refractivity contribution in [1.29, 1.82) is 0 Å². The number of β-amino-alcohol motifs (C(OH)–C–C–N with tert-alkyl or cyclic N) is 1. The number of nitrogens with one attached hydrogen (secondary N) is 1. The SMILES string of the molecule is Cc1cc(C[C@@H]2CN(C(=O)Cc3ccc(N)cc3)C[C@H]2O)n[nH]1. The number of aryl methyl sites for hydroxylation is 1. The van der Waals surface area contributed by atoms with E-state index in [9.17, 15) is 9.90 Å². The Hall–Kier alpha value is -2.34. The minimum absolute atomic E-state index is 0.0352. The minimum Gasteiger partial charge on any atom is -0.399 e. The number of amides is 1. The number of hydrogen-bond acceptors (Lipinski definition) is 4. The van der Waals surface area contributed by atoms with Crippen LogP contribution in [0.3, 0.4) is 0 Å². The standard InChI is InChI=1S/C17H22N4O2/c1-11-6-15(20-19-11)8-13-9-21(10-16(13)22)17(23)7-12-2-4-14(18)5-3-12/h2-6,13,16,22H,7-10,18H2,1H3,(H,19,20)/t13-,16-/m1/s1. The van der Waals surface area contributed by atoms with E-state index in [1.807, 2.05) is 25.1 Å². The van der Waals surface area contributed by atoms with Gasteiger partial charge in [0.25, 0.3) is 0 Å². The van der Waals surface area contributed by atoms with Crippen molar-refractivity contribution in [2.45, 2.75) is 25.9 Å². The summed E-state index contributed by atoms with van der Waals surface area (Å²) in [5, 5.41) is 17.3. The highest BCUT2D eigenvalue weighted by Crippen LogP contribution is 2.22. The van der Waals surface area contributed by atoms with Crippen molar-refractivity contribution in [3.63, 3.8) is 0 Å². The number of H-pyrrole nitrogens is 1. The smallest absolute Gasteiger partial charge is 0.227 e. The molecule has 0 aliphatic carbocycles. The Kier molecular flexibility index (Phi) is 4.34. The zero-order valence-corrected chi connectivity index (χ0v) is 13.2. The second kappa shape index (κ2) is 6.42. The third-order valence-electron chi connectivity index (χ3n) is 4.32. The molecular formula is C17H22N4O2. The maximum Gasteiger partial charge on any atom is 0.227 e. The summed E-state index contributed by atoms with van der Waals surface area (Å²) in [4.78, 5) is 14.2. The van der Waals surface area contributed by atoms with Crippen LogP contribution in [0.25, 0.3) is 0 Å². The summed E-state index contributed by atoms with van der Waals surface area (Å²) in [6.07, 6.45) is 0.514. The first-order chi connectivity index (χ1) is 11.0. The summed E-state index contributed by atoms with van der Waals surface area (Å²) >= 11 is 0. The molecule has 0 unspecified atom stereocenters. The Labute approximate surface area is 135 Å². The molecule has 2 heterocycles. The van der Waals surface area contributed by atoms with Gasteiger partial charge in [-0.1, -0.05) is 12.1 Å². The van der Waals surface area contributed by atoms with E-state index in [1.165, 1.54) is 0 Å². The molecule has 1 aromatic carbocycles. The van der Waals surface area contributed by atoms with Gasteiger partial charge in [-0.25, -0.2) is 0 Å². The van der Waals surface area contributed by atoms with E-state index in [0.29, 0.717) is 31.6 Å². The van der Waals surface area contributed by atoms with Crippen molar-refractivity contribution >= 4 is 11.6 Å². The van der Waals surface area contributed by atoms with Gasteiger partial charge in [0.1, 0.15) is 0 Å². The molecule has 0 bridgehead atoms. The van der Waals surface area contributed by atoms with E-state index in [-0.39, 0.29) is 11.8 Å². The van der Waals surface area contributed by atoms with Gasteiger partial charge < -0.3 is 15.7 Å². The van der Waals surface area contributed by atoms with Crippen molar-refractivity contribution in [3.8, 4) is 0 Å². The predicted molar refractivity (Wildman–Crippen MR) is 87.7 cm³/mol. The first-order valence-electron chi connectivity index (χ1n) is 7.82. The molecule has 1 fully saturated rings. The fourth-order valence-electron chi connectivity index (χ4n) is 3.03. The number of carbonyl (C=O) groups excluding carboxylic acids is 1. The number of carbonyl (C=O) groups is 1. The van der Waals surface area contributed by atoms with Gasteiger partial charge in [-0.15, -0.1) is 0 Å². The van der Waals surface area contributed by atoms with E-state index < -0.39 is 6.10 Å². The first kappa shape index (κ1) is 15.6. The molecule has 3 rings (SSSR count). The van der Waals surface area contributed by atoms with Crippen LogP contribution in [0.2, 0.25) is 0 Å². The van der Waals surface area contributed by atoms with E-state index >= 15 is 0 Å². The lowest BCUT2D eigenvalue weighted by molar-refractivity contribution is -0.129. The third kappa shape index (κ3) is 3.71. The molecule has 4 N–H and O–H groups in total. The van der Waals surface area contributed by atoms with Gasteiger partial charge in [0, 0.05) is 30.4 Å². The lowest BCUT2D eigenvalue weighted by Crippen LogP contribution is -2.31. The van der Waals surface area contributed by atoms with E-state index in [4.69, 9.17) is 5.73 Å². The molecule has 1 aromatic heterocycles. The third-order valence-corrected chi connectivity index (χ3v) is 4.32. The van der Waals surface area contributed by atoms with E-state index in [0.717, 1.165) is 17.0 Å². The number of nitrogen functional groups attached to an aromatic ring is 1. The lowest BCUT2D eigenvalue weighted by Gasteiger charge is -2.16. The molecule has 1 saturated heterocycles. The van der Waals surface area contributed by atoms with Gasteiger partial charge in [-0.05, 0) is 37.1 Å². The summed E-state index contributed by atoms with van der Waals surface area (Å²) in [5.74, 6) is 0.0718. The zero-order valence-electron chi connectivity index (χ0n) is 13.2. The Morgan fingerprint density at radius 2 is 2.13 bits per heavy atom. The number of nitrogens with zero attached hydrogens (tertiary/aromatic N) is 2. The number of aromatic amines is 1. The van der Waals surface area contributed by atoms with Crippen LogP contribution in [0, 0.1) is 12.8 Å². The number of likely N-dealkylation sites (tertiary alicyclic amines) is 1. The highest BCUT2D eigenvalue weighted by atomic mass is 16.3. The number of benzene rings is 1. The van der Waals surface area contributed by atoms with Gasteiger partial charge >= 0.3 is 0 Å². The number of aliphatic hydroxyl groups excluding tert-OH is 1. The Balaban J connectivity index is 1.58. The van der Waals surface area contributed by atoms with Crippen LogP contribution in [-0.4, -0.2) is 45.3 Å². The molecule has 122 valence electrons. The number of nitrogens with two attached hydrogens (primary N) is 1. The second-order valence-corrected chi connectivity index (χ2v) is 6.29. The quantitative estimate of drug-likeness (QED) is 0.731. The van der Waals surface area contributed by atoms with E-state index in [1.54, 1.807) is 17.0 Å². The average Bonchev–Trinajstić information content (AvgIpc) is 3.08. The molecule has 2 atom stereocenters. The molecule has 2 aromatic rings. The minimum atomic E-state index is -0.498. The fourth-order valence-corrected chi connectivity index (χ4v) is 3.03. The lowest BCUT2D eigenvalue weighted by atomic mass is 10.0. The molecule has 23 heavy (non-hydrogen) atoms. The Morgan fingerprint density at radius 3 is 2.78 bits per heavy atom. The summed E-state index contributed by atoms with van der Waals surface area (Å²) < 4.78 is 0. The van der Waals surface area contributed by atoms with Gasteiger partial charge in [-0.3, -0.25) is 9.89 Å². The van der Waals surface area contributed by atoms with Crippen molar-refractivity contribution in [2.75, 3.05) is 18.8 Å². The molecule has 1 aliphatic rings. The van der Waals surface area contributed by atoms with Gasteiger partial charge in [0.2, 0.25) is 5.91 Å². The van der Waals surface area contributed by atoms with Crippen molar-refractivity contribution in [2.24, 2.45) is 5.92 Å². The molecule has 0 radical (unpaired) electrons. The van der Waals surface area contributed by atoms with Gasteiger partial charge in [0.05, 0.1) is 18.2 Å². The van der Waals surface area contributed by atoms with Crippen LogP contribution in [0.4, 0.5) is 5.69 Å². The largest absolute Gasteiger partial charge is 0.399 e. The van der Waals surface area contributed by atoms with Crippen LogP contribution in [0.1, 0.15) is 17.0 Å². The van der Waals surface area contributed by atoms with Crippen LogP contribution in [-0.2, 0) is 17.6 Å². The maximum atomic E-state index is 12.4. The summed E-state index contributed by atoms with van der Waals surface area (Å²) in [5.41, 5.74) is 9.21. The Morgan fingerprint density at radius 1 is 1.39 bits per heavy atom. The summed E-state index contributed by atoms with van der Waals surface area (Å²) in [6, 6.07) is 9.30. The topological polar surface area (TPSA) is 95.2 Å². The fraction of sp³-hybridized carbons (Fsp3) is 0.412. The average molecular weight is 314 g/mol. The van der Waals surface area contributed by atoms with Crippen molar-refractivity contribution < 1.29 is 9.90 Å². The van der Waals surface area contributed by atoms with Gasteiger partial charge in [-0.2, -0.15) is 5.10 Å². The number of anilines is 1. The highest BCUT2D eigenvalue weighted by Gasteiger charge is 2.34. The van der Waals surface area contributed by atoms with E-state index in [2.05, 4.69) is 10.2 Å². The van der Waals surface area contributed by atoms with Crippen molar-refractivity contribution in [3.05, 3.63) is 47.3 Å². The molecule has 6 heteroatoms. The molecule has 0 spiro atoms. The molecule has 1 aliphatic heterocycles. The predicted octanol–water partition coefficient (Wildman–Crippen LogP) is 0.905. The van der Waals surface area contributed by atoms with Crippen LogP contribution >= 0.6 is 0 Å². The molecule has 1 amide bonds. The second-order valence-electron chi connectivity index (χ2n) is 6.29.